The number of nitrogens with zero attached hydrogens (tertiary/aromatic N) is 2. The van der Waals surface area contributed by atoms with Crippen molar-refractivity contribution in [3.05, 3.63) is 35.5 Å². The van der Waals surface area contributed by atoms with Gasteiger partial charge in [0.2, 0.25) is 0 Å². The Bertz CT molecular complexity index is 494. The van der Waals surface area contributed by atoms with E-state index >= 15 is 0 Å². The lowest BCUT2D eigenvalue weighted by atomic mass is 10.3. The third-order valence-electron chi connectivity index (χ3n) is 2.11. The number of aliphatic carboxylic acids is 1. The number of hydrogen-bond donors (Lipinski definition) is 1. The molecule has 2 aromatic heterocycles. The van der Waals surface area contributed by atoms with E-state index in [2.05, 4.69) is 4.98 Å². The van der Waals surface area contributed by atoms with Gasteiger partial charge in [-0.2, -0.15) is 0 Å². The van der Waals surface area contributed by atoms with Crippen molar-refractivity contribution in [3.8, 4) is 0 Å². The van der Waals surface area contributed by atoms with Gasteiger partial charge < -0.3 is 9.51 Å². The summed E-state index contributed by atoms with van der Waals surface area (Å²) in [6, 6.07) is 1.29. The van der Waals surface area contributed by atoms with Gasteiger partial charge >= 0.3 is 5.97 Å². The minimum atomic E-state index is -0.949. The summed E-state index contributed by atoms with van der Waals surface area (Å²) in [6.07, 6.45) is 3.03. The predicted octanol–water partition coefficient (Wildman–Crippen LogP) is 1.41. The molecule has 2 heterocycles. The van der Waals surface area contributed by atoms with Crippen molar-refractivity contribution in [2.45, 2.75) is 13.3 Å². The van der Waals surface area contributed by atoms with E-state index in [0.717, 1.165) is 0 Å². The number of aryl methyl sites for hydroxylation is 1. The fourth-order valence-corrected chi connectivity index (χ4v) is 1.41. The van der Waals surface area contributed by atoms with E-state index in [1.165, 1.54) is 6.07 Å². The van der Waals surface area contributed by atoms with E-state index in [1.807, 2.05) is 0 Å². The number of hydrogen-bond acceptors (Lipinski definition) is 2. The highest BCUT2D eigenvalue weighted by molar-refractivity contribution is 5.69. The highest BCUT2D eigenvalue weighted by atomic mass is 19.1. The van der Waals surface area contributed by atoms with Gasteiger partial charge in [0.05, 0.1) is 12.1 Å². The first-order valence-corrected chi connectivity index (χ1v) is 4.42. The summed E-state index contributed by atoms with van der Waals surface area (Å²) in [5.74, 6) is -1.29. The number of carboxylic acid groups (broad SMARTS) is 1. The molecule has 0 aromatic carbocycles. The van der Waals surface area contributed by atoms with Crippen LogP contribution in [0.15, 0.2) is 18.5 Å². The maximum atomic E-state index is 13.2. The van der Waals surface area contributed by atoms with Crippen LogP contribution in [0.5, 0.6) is 0 Å². The number of rotatable bonds is 2. The van der Waals surface area contributed by atoms with Crippen LogP contribution in [0.1, 0.15) is 11.3 Å². The molecule has 2 aromatic rings. The predicted molar refractivity (Wildman–Crippen MR) is 51.2 cm³/mol. The third kappa shape index (κ3) is 1.81. The summed E-state index contributed by atoms with van der Waals surface area (Å²) in [6.45, 7) is 1.64. The molecule has 15 heavy (non-hydrogen) atoms. The minimum absolute atomic E-state index is 0.150. The first-order chi connectivity index (χ1) is 7.06. The molecule has 4 nitrogen and oxygen atoms in total. The van der Waals surface area contributed by atoms with Crippen molar-refractivity contribution in [1.29, 1.82) is 0 Å². The van der Waals surface area contributed by atoms with E-state index in [1.54, 1.807) is 23.7 Å². The Kier molecular flexibility index (Phi) is 2.15. The second-order valence-corrected chi connectivity index (χ2v) is 3.37. The quantitative estimate of drug-likeness (QED) is 0.811. The standard InChI is InChI=1S/C10H9FN2O2/c1-6-4-13-5-7(2-10(14)15)12-9(13)3-8(6)11/h3-5H,2H2,1H3,(H,14,15). The summed E-state index contributed by atoms with van der Waals surface area (Å²) in [7, 11) is 0. The summed E-state index contributed by atoms with van der Waals surface area (Å²) in [4.78, 5) is 14.5. The second-order valence-electron chi connectivity index (χ2n) is 3.37. The van der Waals surface area contributed by atoms with Crippen LogP contribution in [-0.2, 0) is 11.2 Å². The molecule has 0 atom stereocenters. The molecule has 0 bridgehead atoms. The summed E-state index contributed by atoms with van der Waals surface area (Å²) >= 11 is 0. The van der Waals surface area contributed by atoms with Gasteiger partial charge in [0.1, 0.15) is 11.5 Å². The van der Waals surface area contributed by atoms with Gasteiger partial charge in [0.15, 0.2) is 0 Å². The van der Waals surface area contributed by atoms with E-state index in [9.17, 15) is 9.18 Å². The first-order valence-electron chi connectivity index (χ1n) is 4.42. The number of halogens is 1. The van der Waals surface area contributed by atoms with E-state index in [0.29, 0.717) is 16.9 Å². The Morgan fingerprint density at radius 1 is 1.60 bits per heavy atom. The lowest BCUT2D eigenvalue weighted by Crippen LogP contribution is -1.99. The summed E-state index contributed by atoms with van der Waals surface area (Å²) < 4.78 is 14.8. The zero-order valence-electron chi connectivity index (χ0n) is 8.07. The fraction of sp³-hybridized carbons (Fsp3) is 0.200. The lowest BCUT2D eigenvalue weighted by molar-refractivity contribution is -0.136. The summed E-state index contributed by atoms with van der Waals surface area (Å²) in [5, 5.41) is 8.58. The average Bonchev–Trinajstić information content (AvgIpc) is 2.46. The van der Waals surface area contributed by atoms with E-state index < -0.39 is 5.97 Å². The molecule has 0 unspecified atom stereocenters. The van der Waals surface area contributed by atoms with Crippen molar-refractivity contribution >= 4 is 11.6 Å². The molecule has 1 N–H and O–H groups in total. The second kappa shape index (κ2) is 3.34. The molecule has 5 heteroatoms. The van der Waals surface area contributed by atoms with Gasteiger partial charge in [0.25, 0.3) is 0 Å². The topological polar surface area (TPSA) is 54.6 Å². The third-order valence-corrected chi connectivity index (χ3v) is 2.11. The zero-order valence-corrected chi connectivity index (χ0v) is 8.07. The summed E-state index contributed by atoms with van der Waals surface area (Å²) in [5.41, 5.74) is 1.35. The Morgan fingerprint density at radius 2 is 2.33 bits per heavy atom. The number of fused-ring (bicyclic) bond motifs is 1. The van der Waals surface area contributed by atoms with Crippen molar-refractivity contribution in [3.63, 3.8) is 0 Å². The van der Waals surface area contributed by atoms with Gasteiger partial charge in [-0.15, -0.1) is 0 Å². The molecule has 0 fully saturated rings. The molecule has 0 saturated heterocycles. The number of aromatic nitrogens is 2. The van der Waals surface area contributed by atoms with Crippen LogP contribution in [0.2, 0.25) is 0 Å². The molecule has 0 aliphatic heterocycles. The molecule has 2 rings (SSSR count). The van der Waals surface area contributed by atoms with Crippen LogP contribution in [0.4, 0.5) is 4.39 Å². The van der Waals surface area contributed by atoms with Crippen LogP contribution in [-0.4, -0.2) is 20.5 Å². The van der Waals surface area contributed by atoms with Crippen LogP contribution >= 0.6 is 0 Å². The largest absolute Gasteiger partial charge is 0.481 e. The SMILES string of the molecule is Cc1cn2cc(CC(=O)O)nc2cc1F. The average molecular weight is 208 g/mol. The van der Waals surface area contributed by atoms with Gasteiger partial charge in [0, 0.05) is 24.0 Å². The molecule has 0 amide bonds. The first kappa shape index (κ1) is 9.64. The van der Waals surface area contributed by atoms with Crippen LogP contribution in [0.25, 0.3) is 5.65 Å². The smallest absolute Gasteiger partial charge is 0.309 e. The molecule has 0 spiro atoms. The molecule has 0 radical (unpaired) electrons. The normalized spacial score (nSPS) is 10.8. The van der Waals surface area contributed by atoms with Gasteiger partial charge in [-0.05, 0) is 6.92 Å². The van der Waals surface area contributed by atoms with Crippen LogP contribution < -0.4 is 0 Å². The van der Waals surface area contributed by atoms with Crippen molar-refractivity contribution in [2.24, 2.45) is 0 Å². The van der Waals surface area contributed by atoms with Gasteiger partial charge in [-0.3, -0.25) is 4.79 Å². The Labute approximate surface area is 85.0 Å². The Hall–Kier alpha value is -1.91. The molecular weight excluding hydrogens is 199 g/mol. The lowest BCUT2D eigenvalue weighted by Gasteiger charge is -1.96. The molecule has 78 valence electrons. The maximum Gasteiger partial charge on any atom is 0.309 e. The van der Waals surface area contributed by atoms with Gasteiger partial charge in [-0.1, -0.05) is 0 Å². The molecular formula is C10H9FN2O2. The Morgan fingerprint density at radius 3 is 3.00 bits per heavy atom. The highest BCUT2D eigenvalue weighted by Gasteiger charge is 2.07. The minimum Gasteiger partial charge on any atom is -0.481 e. The Balaban J connectivity index is 2.51. The number of imidazole rings is 1. The van der Waals surface area contributed by atoms with Crippen LogP contribution in [0.3, 0.4) is 0 Å². The van der Waals surface area contributed by atoms with Crippen molar-refractivity contribution in [2.75, 3.05) is 0 Å². The molecule has 0 aliphatic rings. The van der Waals surface area contributed by atoms with Gasteiger partial charge in [-0.25, -0.2) is 9.37 Å². The number of pyridine rings is 1. The van der Waals surface area contributed by atoms with E-state index in [-0.39, 0.29) is 12.2 Å². The van der Waals surface area contributed by atoms with E-state index in [4.69, 9.17) is 5.11 Å². The zero-order chi connectivity index (χ0) is 11.0. The molecule has 0 aliphatic carbocycles. The van der Waals surface area contributed by atoms with Crippen molar-refractivity contribution < 1.29 is 14.3 Å². The monoisotopic (exact) mass is 208 g/mol. The van der Waals surface area contributed by atoms with Crippen LogP contribution in [0, 0.1) is 12.7 Å². The molecule has 0 saturated carbocycles. The maximum absolute atomic E-state index is 13.2. The van der Waals surface area contributed by atoms with Crippen molar-refractivity contribution in [1.82, 2.24) is 9.38 Å². The number of carbonyl (C=O) groups is 1. The fourth-order valence-electron chi connectivity index (χ4n) is 1.41. The number of carboxylic acids is 1. The highest BCUT2D eigenvalue weighted by Crippen LogP contribution is 2.11.